The van der Waals surface area contributed by atoms with Crippen LogP contribution in [0, 0.1) is 11.7 Å². The minimum Gasteiger partial charge on any atom is -0.319 e. The molecule has 0 bridgehead atoms. The normalized spacial score (nSPS) is 12.8. The second-order valence-corrected chi connectivity index (χ2v) is 4.37. The minimum atomic E-state index is -0.156. The Balaban J connectivity index is 2.53. The van der Waals surface area contributed by atoms with Crippen molar-refractivity contribution in [1.29, 1.82) is 0 Å². The van der Waals surface area contributed by atoms with Gasteiger partial charge in [-0.3, -0.25) is 0 Å². The Morgan fingerprint density at radius 1 is 1.47 bits per heavy atom. The monoisotopic (exact) mass is 229 g/mol. The third-order valence-electron chi connectivity index (χ3n) is 2.47. The molecule has 0 aliphatic carbocycles. The summed E-state index contributed by atoms with van der Waals surface area (Å²) >= 11 is 5.81. The lowest BCUT2D eigenvalue weighted by Gasteiger charge is -2.10. The third-order valence-corrected chi connectivity index (χ3v) is 2.70. The van der Waals surface area contributed by atoms with Crippen LogP contribution in [0.2, 0.25) is 5.02 Å². The highest BCUT2D eigenvalue weighted by Gasteiger charge is 2.06. The summed E-state index contributed by atoms with van der Waals surface area (Å²) in [5.41, 5.74) is 0.713. The molecule has 1 nitrogen and oxygen atoms in total. The molecule has 0 aliphatic rings. The molecule has 0 amide bonds. The summed E-state index contributed by atoms with van der Waals surface area (Å²) < 4.78 is 13.3. The summed E-state index contributed by atoms with van der Waals surface area (Å²) in [6.07, 6.45) is 1.72. The molecule has 15 heavy (non-hydrogen) atoms. The van der Waals surface area contributed by atoms with Crippen molar-refractivity contribution in [2.75, 3.05) is 13.6 Å². The Labute approximate surface area is 95.6 Å². The molecule has 1 N–H and O–H groups in total. The first-order valence-corrected chi connectivity index (χ1v) is 5.59. The van der Waals surface area contributed by atoms with Gasteiger partial charge in [-0.2, -0.15) is 0 Å². The Morgan fingerprint density at radius 3 is 2.87 bits per heavy atom. The number of aryl methyl sites for hydroxylation is 1. The first-order valence-electron chi connectivity index (χ1n) is 5.22. The van der Waals surface area contributed by atoms with Crippen molar-refractivity contribution in [3.05, 3.63) is 34.6 Å². The molecule has 1 unspecified atom stereocenters. The summed E-state index contributed by atoms with van der Waals surface area (Å²) in [5.74, 6) is 0.393. The zero-order valence-electron chi connectivity index (χ0n) is 9.19. The van der Waals surface area contributed by atoms with E-state index in [-0.39, 0.29) is 5.82 Å². The maximum absolute atomic E-state index is 13.3. The van der Waals surface area contributed by atoms with Gasteiger partial charge in [0.25, 0.3) is 0 Å². The molecule has 1 aromatic carbocycles. The molecule has 84 valence electrons. The number of rotatable bonds is 5. The van der Waals surface area contributed by atoms with Crippen molar-refractivity contribution < 1.29 is 4.39 Å². The Bertz CT molecular complexity index is 314. The Kier molecular flexibility index (Phi) is 5.06. The molecule has 0 spiro atoms. The first kappa shape index (κ1) is 12.5. The lowest BCUT2D eigenvalue weighted by Crippen LogP contribution is -2.16. The fourth-order valence-corrected chi connectivity index (χ4v) is 1.78. The van der Waals surface area contributed by atoms with Crippen molar-refractivity contribution in [3.63, 3.8) is 0 Å². The van der Waals surface area contributed by atoms with Crippen LogP contribution < -0.4 is 5.32 Å². The largest absolute Gasteiger partial charge is 0.319 e. The van der Waals surface area contributed by atoms with E-state index in [0.717, 1.165) is 19.4 Å². The van der Waals surface area contributed by atoms with E-state index >= 15 is 0 Å². The van der Waals surface area contributed by atoms with Gasteiger partial charge < -0.3 is 5.32 Å². The highest BCUT2D eigenvalue weighted by atomic mass is 35.5. The van der Waals surface area contributed by atoms with Crippen LogP contribution in [-0.4, -0.2) is 13.6 Å². The molecule has 1 atom stereocenters. The van der Waals surface area contributed by atoms with Crippen LogP contribution >= 0.6 is 11.6 Å². The van der Waals surface area contributed by atoms with E-state index in [4.69, 9.17) is 11.6 Å². The standard InChI is InChI=1S/C12H17ClFN/c1-9(8-15-2)3-4-10-7-11(13)5-6-12(10)14/h5-7,9,15H,3-4,8H2,1-2H3. The summed E-state index contributed by atoms with van der Waals surface area (Å²) in [4.78, 5) is 0. The van der Waals surface area contributed by atoms with Crippen molar-refractivity contribution in [1.82, 2.24) is 5.32 Å². The second-order valence-electron chi connectivity index (χ2n) is 3.94. The zero-order valence-corrected chi connectivity index (χ0v) is 9.94. The fourth-order valence-electron chi connectivity index (χ4n) is 1.59. The van der Waals surface area contributed by atoms with Gasteiger partial charge in [-0.1, -0.05) is 18.5 Å². The van der Waals surface area contributed by atoms with E-state index in [2.05, 4.69) is 12.2 Å². The number of nitrogens with one attached hydrogen (secondary N) is 1. The van der Waals surface area contributed by atoms with Crippen molar-refractivity contribution in [2.45, 2.75) is 19.8 Å². The quantitative estimate of drug-likeness (QED) is 0.817. The predicted molar refractivity (Wildman–Crippen MR) is 62.8 cm³/mol. The van der Waals surface area contributed by atoms with Crippen LogP contribution in [0.3, 0.4) is 0 Å². The molecule has 0 aromatic heterocycles. The number of halogens is 2. The van der Waals surface area contributed by atoms with E-state index in [1.807, 2.05) is 7.05 Å². The highest BCUT2D eigenvalue weighted by molar-refractivity contribution is 6.30. The van der Waals surface area contributed by atoms with Crippen molar-refractivity contribution >= 4 is 11.6 Å². The van der Waals surface area contributed by atoms with E-state index in [9.17, 15) is 4.39 Å². The SMILES string of the molecule is CNCC(C)CCc1cc(Cl)ccc1F. The first-order chi connectivity index (χ1) is 7.13. The van der Waals surface area contributed by atoms with Gasteiger partial charge in [0.1, 0.15) is 5.82 Å². The fraction of sp³-hybridized carbons (Fsp3) is 0.500. The van der Waals surface area contributed by atoms with Crippen molar-refractivity contribution in [3.8, 4) is 0 Å². The van der Waals surface area contributed by atoms with Gasteiger partial charge in [-0.25, -0.2) is 4.39 Å². The third kappa shape index (κ3) is 4.18. The Hall–Kier alpha value is -0.600. The molecule has 0 heterocycles. The van der Waals surface area contributed by atoms with Gasteiger partial charge in [-0.05, 0) is 56.1 Å². The van der Waals surface area contributed by atoms with Crippen LogP contribution in [0.15, 0.2) is 18.2 Å². The van der Waals surface area contributed by atoms with Gasteiger partial charge in [0, 0.05) is 5.02 Å². The molecule has 3 heteroatoms. The number of hydrogen-bond acceptors (Lipinski definition) is 1. The number of benzene rings is 1. The lowest BCUT2D eigenvalue weighted by atomic mass is 10.0. The van der Waals surface area contributed by atoms with Gasteiger partial charge in [-0.15, -0.1) is 0 Å². The average molecular weight is 230 g/mol. The van der Waals surface area contributed by atoms with Gasteiger partial charge in [0.15, 0.2) is 0 Å². The van der Waals surface area contributed by atoms with E-state index in [1.54, 1.807) is 12.1 Å². The molecule has 1 rings (SSSR count). The summed E-state index contributed by atoms with van der Waals surface area (Å²) in [6, 6.07) is 4.72. The van der Waals surface area contributed by atoms with E-state index < -0.39 is 0 Å². The van der Waals surface area contributed by atoms with Crippen LogP contribution in [0.1, 0.15) is 18.9 Å². The maximum atomic E-state index is 13.3. The molecular weight excluding hydrogens is 213 g/mol. The van der Waals surface area contributed by atoms with Gasteiger partial charge in [0.05, 0.1) is 0 Å². The average Bonchev–Trinajstić information content (AvgIpc) is 2.20. The molecule has 1 aromatic rings. The van der Waals surface area contributed by atoms with Crippen LogP contribution in [-0.2, 0) is 6.42 Å². The van der Waals surface area contributed by atoms with Crippen LogP contribution in [0.5, 0.6) is 0 Å². The lowest BCUT2D eigenvalue weighted by molar-refractivity contribution is 0.496. The van der Waals surface area contributed by atoms with Crippen molar-refractivity contribution in [2.24, 2.45) is 5.92 Å². The highest BCUT2D eigenvalue weighted by Crippen LogP contribution is 2.17. The summed E-state index contributed by atoms with van der Waals surface area (Å²) in [5, 5.41) is 3.71. The minimum absolute atomic E-state index is 0.156. The second kappa shape index (κ2) is 6.09. The van der Waals surface area contributed by atoms with E-state index in [1.165, 1.54) is 6.07 Å². The maximum Gasteiger partial charge on any atom is 0.126 e. The number of hydrogen-bond donors (Lipinski definition) is 1. The zero-order chi connectivity index (χ0) is 11.3. The summed E-state index contributed by atoms with van der Waals surface area (Å²) in [7, 11) is 1.93. The smallest absolute Gasteiger partial charge is 0.126 e. The predicted octanol–water partition coefficient (Wildman–Crippen LogP) is 3.27. The molecule has 0 radical (unpaired) electrons. The molecule has 0 saturated heterocycles. The molecule has 0 saturated carbocycles. The van der Waals surface area contributed by atoms with Gasteiger partial charge >= 0.3 is 0 Å². The topological polar surface area (TPSA) is 12.0 Å². The van der Waals surface area contributed by atoms with E-state index in [0.29, 0.717) is 16.5 Å². The summed E-state index contributed by atoms with van der Waals surface area (Å²) in [6.45, 7) is 3.11. The molecular formula is C12H17ClFN. The molecule has 0 aliphatic heterocycles. The van der Waals surface area contributed by atoms with Crippen LogP contribution in [0.4, 0.5) is 4.39 Å². The Morgan fingerprint density at radius 2 is 2.20 bits per heavy atom. The van der Waals surface area contributed by atoms with Gasteiger partial charge in [0.2, 0.25) is 0 Å². The van der Waals surface area contributed by atoms with Crippen LogP contribution in [0.25, 0.3) is 0 Å². The molecule has 0 fully saturated rings.